The Morgan fingerprint density at radius 2 is 1.65 bits per heavy atom. The maximum Gasteiger partial charge on any atom is 0.213 e. The van der Waals surface area contributed by atoms with Gasteiger partial charge in [0.2, 0.25) is 17.4 Å². The third-order valence-electron chi connectivity index (χ3n) is 5.85. The largest absolute Gasteiger partial charge is 0.473 e. The van der Waals surface area contributed by atoms with Crippen molar-refractivity contribution in [2.75, 3.05) is 5.75 Å². The first kappa shape index (κ1) is 25.8. The summed E-state index contributed by atoms with van der Waals surface area (Å²) in [7, 11) is 0. The van der Waals surface area contributed by atoms with Crippen LogP contribution in [0.25, 0.3) is 11.1 Å². The number of thioether (sulfide) groups is 1. The highest BCUT2D eigenvalue weighted by atomic mass is 32.2. The van der Waals surface area contributed by atoms with Gasteiger partial charge in [0.25, 0.3) is 0 Å². The van der Waals surface area contributed by atoms with Crippen molar-refractivity contribution in [3.8, 4) is 16.9 Å². The summed E-state index contributed by atoms with van der Waals surface area (Å²) < 4.78 is 47.9. The van der Waals surface area contributed by atoms with E-state index in [4.69, 9.17) is 4.74 Å². The first-order valence-electron chi connectivity index (χ1n) is 9.79. The molecule has 0 aliphatic carbocycles. The lowest BCUT2D eigenvalue weighted by molar-refractivity contribution is -0.236. The number of carbonyl (C=O) groups is 3. The molecule has 1 aliphatic heterocycles. The van der Waals surface area contributed by atoms with Crippen molar-refractivity contribution in [3.05, 3.63) is 48.0 Å². The summed E-state index contributed by atoms with van der Waals surface area (Å²) in [5, 5.41) is 33.3. The van der Waals surface area contributed by atoms with Crippen LogP contribution in [0.4, 0.5) is 13.2 Å². The average Bonchev–Trinajstić information content (AvgIpc) is 2.76. The maximum absolute atomic E-state index is 14.6. The summed E-state index contributed by atoms with van der Waals surface area (Å²) in [6.45, 7) is 2.36. The molecular weight excluding hydrogens is 479 g/mol. The Hall–Kier alpha value is -2.80. The van der Waals surface area contributed by atoms with Gasteiger partial charge in [0, 0.05) is 18.0 Å². The summed E-state index contributed by atoms with van der Waals surface area (Å²) in [6, 6.07) is 3.96. The van der Waals surface area contributed by atoms with Crippen LogP contribution in [0.3, 0.4) is 0 Å². The molecule has 1 saturated heterocycles. The fourth-order valence-corrected chi connectivity index (χ4v) is 5.43. The van der Waals surface area contributed by atoms with E-state index < -0.39 is 68.7 Å². The standard InChI is InChI=1S/C22H20F3NO7S/c1-10(27)20(30)9-34-19(21(31,11(2)28)22(20,32)12(3)29)33-16-7-14(6-15(23)18(16)25)13-4-5-26-17(24)8-13/h4-8,19,30-32H,9H2,1-3H3/t19-,20-,21-,22-/m0/s1. The minimum atomic E-state index is -3.37. The monoisotopic (exact) mass is 499 g/mol. The van der Waals surface area contributed by atoms with Crippen LogP contribution < -0.4 is 4.74 Å². The van der Waals surface area contributed by atoms with E-state index >= 15 is 0 Å². The zero-order chi connectivity index (χ0) is 25.6. The number of aromatic nitrogens is 1. The number of hydrogen-bond donors (Lipinski definition) is 3. The summed E-state index contributed by atoms with van der Waals surface area (Å²) in [4.78, 5) is 40.5. The molecule has 0 spiro atoms. The second-order valence-electron chi connectivity index (χ2n) is 7.90. The van der Waals surface area contributed by atoms with Crippen LogP contribution in [0.5, 0.6) is 5.75 Å². The average molecular weight is 499 g/mol. The van der Waals surface area contributed by atoms with Gasteiger partial charge in [-0.05, 0) is 50.1 Å². The number of benzene rings is 1. The number of hydrogen-bond acceptors (Lipinski definition) is 9. The van der Waals surface area contributed by atoms with Gasteiger partial charge in [-0.25, -0.2) is 9.37 Å². The highest BCUT2D eigenvalue weighted by Gasteiger charge is 2.75. The topological polar surface area (TPSA) is 134 Å². The number of pyridine rings is 1. The lowest BCUT2D eigenvalue weighted by Crippen LogP contribution is -2.82. The first-order chi connectivity index (χ1) is 15.7. The Kier molecular flexibility index (Phi) is 6.66. The molecular formula is C22H20F3NO7S. The molecule has 1 aliphatic rings. The Bertz CT molecular complexity index is 1200. The lowest BCUT2D eigenvalue weighted by atomic mass is 9.65. The van der Waals surface area contributed by atoms with Crippen molar-refractivity contribution < 1.29 is 47.6 Å². The number of rotatable bonds is 6. The van der Waals surface area contributed by atoms with Crippen LogP contribution in [-0.2, 0) is 14.4 Å². The first-order valence-corrected chi connectivity index (χ1v) is 10.8. The molecule has 12 heteroatoms. The van der Waals surface area contributed by atoms with Crippen molar-refractivity contribution in [2.24, 2.45) is 0 Å². The van der Waals surface area contributed by atoms with Gasteiger partial charge in [-0.15, -0.1) is 11.8 Å². The molecule has 0 radical (unpaired) electrons. The molecule has 0 amide bonds. The molecule has 3 N–H and O–H groups in total. The Morgan fingerprint density at radius 1 is 1.00 bits per heavy atom. The molecule has 34 heavy (non-hydrogen) atoms. The Balaban J connectivity index is 2.15. The SMILES string of the molecule is CC(=O)[C@]1(O)[C@@](O)(C(C)=O)CS[C@H](Oc2cc(-c3ccnc(F)c3)cc(F)c2F)[C@@]1(O)C(C)=O. The van der Waals surface area contributed by atoms with E-state index in [2.05, 4.69) is 4.98 Å². The van der Waals surface area contributed by atoms with Crippen LogP contribution in [0, 0.1) is 17.6 Å². The summed E-state index contributed by atoms with van der Waals surface area (Å²) in [6.07, 6.45) is 1.09. The van der Waals surface area contributed by atoms with E-state index in [0.717, 1.165) is 45.2 Å². The Morgan fingerprint density at radius 3 is 2.18 bits per heavy atom. The van der Waals surface area contributed by atoms with Crippen molar-refractivity contribution in [2.45, 2.75) is 43.0 Å². The van der Waals surface area contributed by atoms with E-state index in [0.29, 0.717) is 11.8 Å². The third-order valence-corrected chi connectivity index (χ3v) is 7.18. The number of Topliss-reactive ketones (excluding diaryl/α,β-unsaturated/α-hetero) is 3. The number of halogens is 3. The number of carbonyl (C=O) groups excluding carboxylic acids is 3. The highest BCUT2D eigenvalue weighted by Crippen LogP contribution is 2.49. The molecule has 3 rings (SSSR count). The molecule has 0 unspecified atom stereocenters. The van der Waals surface area contributed by atoms with E-state index in [1.807, 2.05) is 0 Å². The van der Waals surface area contributed by atoms with Crippen LogP contribution >= 0.6 is 11.8 Å². The normalized spacial score (nSPS) is 28.9. The van der Waals surface area contributed by atoms with E-state index in [1.165, 1.54) is 6.07 Å². The predicted octanol–water partition coefficient (Wildman–Crippen LogP) is 1.58. The van der Waals surface area contributed by atoms with Gasteiger partial charge in [-0.1, -0.05) is 0 Å². The van der Waals surface area contributed by atoms with E-state index in [1.54, 1.807) is 0 Å². The van der Waals surface area contributed by atoms with Gasteiger partial charge in [0.1, 0.15) is 0 Å². The number of ketones is 3. The lowest BCUT2D eigenvalue weighted by Gasteiger charge is -2.54. The van der Waals surface area contributed by atoms with Crippen LogP contribution in [0.15, 0.2) is 30.5 Å². The maximum atomic E-state index is 14.6. The molecule has 1 aromatic carbocycles. The predicted molar refractivity (Wildman–Crippen MR) is 113 cm³/mol. The van der Waals surface area contributed by atoms with Crippen molar-refractivity contribution in [3.63, 3.8) is 0 Å². The third kappa shape index (κ3) is 3.70. The molecule has 0 bridgehead atoms. The van der Waals surface area contributed by atoms with Gasteiger partial charge in [0.05, 0.1) is 0 Å². The summed E-state index contributed by atoms with van der Waals surface area (Å²) in [5.74, 6) is -9.15. The van der Waals surface area contributed by atoms with Crippen LogP contribution in [0.1, 0.15) is 20.8 Å². The second-order valence-corrected chi connectivity index (χ2v) is 8.95. The molecule has 2 aromatic rings. The van der Waals surface area contributed by atoms with Gasteiger partial charge < -0.3 is 20.1 Å². The van der Waals surface area contributed by atoms with Gasteiger partial charge in [0.15, 0.2) is 45.6 Å². The molecule has 1 fully saturated rings. The molecule has 0 saturated carbocycles. The van der Waals surface area contributed by atoms with E-state index in [-0.39, 0.29) is 11.1 Å². The zero-order valence-corrected chi connectivity index (χ0v) is 19.0. The van der Waals surface area contributed by atoms with E-state index in [9.17, 15) is 42.9 Å². The summed E-state index contributed by atoms with van der Waals surface area (Å²) in [5.41, 5.74) is -11.4. The molecule has 4 atom stereocenters. The fraction of sp³-hybridized carbons (Fsp3) is 0.364. The molecule has 8 nitrogen and oxygen atoms in total. The minimum Gasteiger partial charge on any atom is -0.473 e. The van der Waals surface area contributed by atoms with Crippen molar-refractivity contribution in [1.82, 2.24) is 4.98 Å². The highest BCUT2D eigenvalue weighted by molar-refractivity contribution is 8.00. The quantitative estimate of drug-likeness (QED) is 0.507. The fourth-order valence-electron chi connectivity index (χ4n) is 3.88. The van der Waals surface area contributed by atoms with Crippen LogP contribution in [-0.4, -0.2) is 65.6 Å². The Labute approximate surface area is 195 Å². The van der Waals surface area contributed by atoms with Gasteiger partial charge in [-0.2, -0.15) is 8.78 Å². The number of nitrogens with zero attached hydrogens (tertiary/aromatic N) is 1. The number of aliphatic hydroxyl groups is 3. The molecule has 1 aromatic heterocycles. The van der Waals surface area contributed by atoms with Gasteiger partial charge in [-0.3, -0.25) is 14.4 Å². The smallest absolute Gasteiger partial charge is 0.213 e. The van der Waals surface area contributed by atoms with Crippen molar-refractivity contribution in [1.29, 1.82) is 0 Å². The second kappa shape index (κ2) is 8.77. The van der Waals surface area contributed by atoms with Crippen molar-refractivity contribution >= 4 is 29.1 Å². The number of ether oxygens (including phenoxy) is 1. The summed E-state index contributed by atoms with van der Waals surface area (Å²) >= 11 is 0.432. The zero-order valence-electron chi connectivity index (χ0n) is 18.1. The molecule has 2 heterocycles. The van der Waals surface area contributed by atoms with Crippen LogP contribution in [0.2, 0.25) is 0 Å². The minimum absolute atomic E-state index is 0.0514. The van der Waals surface area contributed by atoms with Gasteiger partial charge >= 0.3 is 0 Å². The molecule has 182 valence electrons.